The maximum absolute atomic E-state index is 13.4. The zero-order valence-electron chi connectivity index (χ0n) is 19.1. The second-order valence-corrected chi connectivity index (χ2v) is 9.84. The van der Waals surface area contributed by atoms with E-state index in [-0.39, 0.29) is 17.2 Å². The monoisotopic (exact) mass is 510 g/mol. The second-order valence-electron chi connectivity index (χ2n) is 7.57. The smallest absolute Gasteiger partial charge is 0.264 e. The number of ether oxygens (including phenoxy) is 1. The molecular weight excluding hydrogens is 488 g/mol. The van der Waals surface area contributed by atoms with Crippen molar-refractivity contribution < 1.29 is 17.9 Å². The van der Waals surface area contributed by atoms with Crippen LogP contribution in [0.25, 0.3) is 0 Å². The van der Waals surface area contributed by atoms with Gasteiger partial charge in [-0.25, -0.2) is 13.8 Å². The summed E-state index contributed by atoms with van der Waals surface area (Å²) in [7, 11) is -4.06. The molecule has 0 heterocycles. The molecule has 0 fully saturated rings. The van der Waals surface area contributed by atoms with Crippen LogP contribution in [0.1, 0.15) is 16.7 Å². The molecule has 35 heavy (non-hydrogen) atoms. The molecule has 3 rings (SSSR count). The van der Waals surface area contributed by atoms with E-state index in [9.17, 15) is 13.2 Å². The molecule has 0 saturated heterocycles. The first-order chi connectivity index (χ1) is 16.7. The van der Waals surface area contributed by atoms with Crippen molar-refractivity contribution in [1.29, 1.82) is 5.26 Å². The highest BCUT2D eigenvalue weighted by atomic mass is 35.5. The average molecular weight is 511 g/mol. The summed E-state index contributed by atoms with van der Waals surface area (Å²) in [5.41, 5.74) is 4.97. The van der Waals surface area contributed by atoms with Crippen LogP contribution in [-0.4, -0.2) is 33.7 Å². The van der Waals surface area contributed by atoms with Gasteiger partial charge >= 0.3 is 0 Å². The molecule has 1 N–H and O–H groups in total. The summed E-state index contributed by atoms with van der Waals surface area (Å²) in [6.45, 7) is 3.09. The van der Waals surface area contributed by atoms with Gasteiger partial charge in [0, 0.05) is 5.02 Å². The van der Waals surface area contributed by atoms with Gasteiger partial charge in [-0.3, -0.25) is 9.10 Å². The standard InChI is InChI=1S/C25H23ClN4O4S/c1-18-3-11-23(12-4-18)35(32,33)30(21-8-5-19(2)24(26)15-21)17-25(31)29-28-16-20-6-9-22(10-7-20)34-14-13-27/h3-12,15-16H,14,17H2,1-2H3,(H,29,31)/b28-16-. The van der Waals surface area contributed by atoms with Crippen molar-refractivity contribution in [3.63, 3.8) is 0 Å². The number of nitrogens with one attached hydrogen (secondary N) is 1. The Morgan fingerprint density at radius 1 is 1.11 bits per heavy atom. The highest BCUT2D eigenvalue weighted by Crippen LogP contribution is 2.28. The molecule has 3 aromatic rings. The Bertz CT molecular complexity index is 1370. The van der Waals surface area contributed by atoms with E-state index in [1.807, 2.05) is 13.0 Å². The number of rotatable bonds is 9. The van der Waals surface area contributed by atoms with Crippen LogP contribution >= 0.6 is 11.6 Å². The minimum atomic E-state index is -4.06. The van der Waals surface area contributed by atoms with Crippen LogP contribution in [0.5, 0.6) is 5.75 Å². The van der Waals surface area contributed by atoms with Crippen molar-refractivity contribution in [3.05, 3.63) is 88.4 Å². The summed E-state index contributed by atoms with van der Waals surface area (Å²) in [5.74, 6) is -0.107. The van der Waals surface area contributed by atoms with E-state index in [0.29, 0.717) is 16.3 Å². The van der Waals surface area contributed by atoms with Crippen molar-refractivity contribution in [1.82, 2.24) is 5.43 Å². The van der Waals surface area contributed by atoms with E-state index in [1.54, 1.807) is 55.5 Å². The third-order valence-corrected chi connectivity index (χ3v) is 7.12. The number of carbonyl (C=O) groups excluding carboxylic acids is 1. The Kier molecular flexibility index (Phi) is 8.47. The zero-order chi connectivity index (χ0) is 25.4. The van der Waals surface area contributed by atoms with Gasteiger partial charge in [0.2, 0.25) is 0 Å². The van der Waals surface area contributed by atoms with Gasteiger partial charge in [-0.1, -0.05) is 35.4 Å². The van der Waals surface area contributed by atoms with Gasteiger partial charge < -0.3 is 4.74 Å². The van der Waals surface area contributed by atoms with Crippen LogP contribution < -0.4 is 14.5 Å². The lowest BCUT2D eigenvalue weighted by molar-refractivity contribution is -0.119. The van der Waals surface area contributed by atoms with Crippen molar-refractivity contribution in [2.75, 3.05) is 17.5 Å². The largest absolute Gasteiger partial charge is 0.479 e. The fourth-order valence-corrected chi connectivity index (χ4v) is 4.59. The third kappa shape index (κ3) is 6.82. The number of halogens is 1. The molecule has 3 aromatic carbocycles. The van der Waals surface area contributed by atoms with Crippen LogP contribution in [0.3, 0.4) is 0 Å². The molecule has 0 atom stereocenters. The van der Waals surface area contributed by atoms with E-state index in [4.69, 9.17) is 21.6 Å². The lowest BCUT2D eigenvalue weighted by Gasteiger charge is -2.24. The summed E-state index contributed by atoms with van der Waals surface area (Å²) in [4.78, 5) is 12.7. The zero-order valence-corrected chi connectivity index (χ0v) is 20.7. The summed E-state index contributed by atoms with van der Waals surface area (Å²) in [6, 6.07) is 19.8. The molecule has 180 valence electrons. The van der Waals surface area contributed by atoms with Gasteiger partial charge in [0.15, 0.2) is 6.61 Å². The minimum absolute atomic E-state index is 0.0507. The third-order valence-electron chi connectivity index (χ3n) is 4.93. The van der Waals surface area contributed by atoms with Crippen LogP contribution in [0.2, 0.25) is 5.02 Å². The summed E-state index contributed by atoms with van der Waals surface area (Å²) < 4.78 is 33.0. The van der Waals surface area contributed by atoms with Crippen LogP contribution in [0.15, 0.2) is 76.7 Å². The number of benzene rings is 3. The Hall–Kier alpha value is -3.87. The molecule has 0 bridgehead atoms. The Balaban J connectivity index is 1.78. The molecule has 0 radical (unpaired) electrons. The molecule has 0 unspecified atom stereocenters. The Morgan fingerprint density at radius 2 is 1.80 bits per heavy atom. The topological polar surface area (TPSA) is 112 Å². The molecule has 1 amide bonds. The predicted octanol–water partition coefficient (Wildman–Crippen LogP) is 4.20. The fourth-order valence-electron chi connectivity index (χ4n) is 3.00. The number of sulfonamides is 1. The number of amides is 1. The van der Waals surface area contributed by atoms with Crippen LogP contribution in [0, 0.1) is 25.2 Å². The van der Waals surface area contributed by atoms with Crippen LogP contribution in [0.4, 0.5) is 5.69 Å². The number of anilines is 1. The van der Waals surface area contributed by atoms with Crippen molar-refractivity contribution in [3.8, 4) is 11.8 Å². The SMILES string of the molecule is Cc1ccc(S(=O)(=O)N(CC(=O)N/N=C\c2ccc(OCC#N)cc2)c2ccc(C)c(Cl)c2)cc1. The first-order valence-corrected chi connectivity index (χ1v) is 12.3. The number of nitrogens with zero attached hydrogens (tertiary/aromatic N) is 3. The molecule has 10 heteroatoms. The van der Waals surface area contributed by atoms with Gasteiger partial charge in [0.25, 0.3) is 15.9 Å². The normalized spacial score (nSPS) is 11.1. The van der Waals surface area contributed by atoms with E-state index in [0.717, 1.165) is 15.4 Å². The number of nitriles is 1. The van der Waals surface area contributed by atoms with Gasteiger partial charge in [0.05, 0.1) is 16.8 Å². The lowest BCUT2D eigenvalue weighted by Crippen LogP contribution is -2.39. The Morgan fingerprint density at radius 3 is 2.43 bits per heavy atom. The van der Waals surface area contributed by atoms with E-state index >= 15 is 0 Å². The quantitative estimate of drug-likeness (QED) is 0.342. The van der Waals surface area contributed by atoms with Crippen molar-refractivity contribution in [2.24, 2.45) is 5.10 Å². The highest BCUT2D eigenvalue weighted by Gasteiger charge is 2.27. The molecule has 8 nitrogen and oxygen atoms in total. The van der Waals surface area contributed by atoms with Gasteiger partial charge in [0.1, 0.15) is 18.4 Å². The minimum Gasteiger partial charge on any atom is -0.479 e. The van der Waals surface area contributed by atoms with Crippen LogP contribution in [-0.2, 0) is 14.8 Å². The van der Waals surface area contributed by atoms with E-state index in [2.05, 4.69) is 10.5 Å². The highest BCUT2D eigenvalue weighted by molar-refractivity contribution is 7.92. The maximum Gasteiger partial charge on any atom is 0.264 e. The molecule has 0 aliphatic rings. The number of hydrazone groups is 1. The van der Waals surface area contributed by atoms with E-state index in [1.165, 1.54) is 24.4 Å². The first kappa shape index (κ1) is 25.7. The molecule has 0 spiro atoms. The first-order valence-electron chi connectivity index (χ1n) is 10.5. The van der Waals surface area contributed by atoms with Gasteiger partial charge in [-0.05, 0) is 73.5 Å². The predicted molar refractivity (Wildman–Crippen MR) is 135 cm³/mol. The number of hydrogen-bond donors (Lipinski definition) is 1. The molecule has 0 aromatic heterocycles. The van der Waals surface area contributed by atoms with Crippen molar-refractivity contribution >= 4 is 39.4 Å². The second kappa shape index (κ2) is 11.5. The summed E-state index contributed by atoms with van der Waals surface area (Å²) >= 11 is 6.23. The number of aryl methyl sites for hydroxylation is 2. The number of hydrogen-bond acceptors (Lipinski definition) is 6. The molecule has 0 aliphatic heterocycles. The van der Waals surface area contributed by atoms with Gasteiger partial charge in [-0.15, -0.1) is 0 Å². The fraction of sp³-hybridized carbons (Fsp3) is 0.160. The summed E-state index contributed by atoms with van der Waals surface area (Å²) in [6.07, 6.45) is 1.41. The van der Waals surface area contributed by atoms with Gasteiger partial charge in [-0.2, -0.15) is 10.4 Å². The molecular formula is C25H23ClN4O4S. The summed E-state index contributed by atoms with van der Waals surface area (Å²) in [5, 5.41) is 12.8. The van der Waals surface area contributed by atoms with E-state index < -0.39 is 22.5 Å². The van der Waals surface area contributed by atoms with Crippen molar-refractivity contribution in [2.45, 2.75) is 18.7 Å². The average Bonchev–Trinajstić information content (AvgIpc) is 2.84. The molecule has 0 saturated carbocycles. The Labute approximate surface area is 209 Å². The maximum atomic E-state index is 13.4. The number of carbonyl (C=O) groups is 1. The lowest BCUT2D eigenvalue weighted by atomic mass is 10.2. The molecule has 0 aliphatic carbocycles.